The molecular weight excluding hydrogens is 302 g/mol. The first-order valence-corrected chi connectivity index (χ1v) is 7.49. The van der Waals surface area contributed by atoms with E-state index >= 15 is 0 Å². The summed E-state index contributed by atoms with van der Waals surface area (Å²) in [5, 5.41) is 22.0. The van der Waals surface area contributed by atoms with Crippen molar-refractivity contribution in [1.82, 2.24) is 15.0 Å². The lowest BCUT2D eigenvalue weighted by molar-refractivity contribution is 0.471. The number of nitrogens with one attached hydrogen (secondary N) is 2. The summed E-state index contributed by atoms with van der Waals surface area (Å²) in [6.07, 6.45) is 1.66. The van der Waals surface area contributed by atoms with Gasteiger partial charge in [-0.05, 0) is 44.0 Å². The van der Waals surface area contributed by atoms with E-state index in [1.165, 1.54) is 0 Å². The molecule has 3 aromatic rings. The number of phenolic OH excluding ortho intramolecular Hbond substituents is 1. The molecule has 3 rings (SSSR count). The van der Waals surface area contributed by atoms with Gasteiger partial charge in [-0.2, -0.15) is 5.26 Å². The van der Waals surface area contributed by atoms with E-state index in [1.54, 1.807) is 12.3 Å². The highest BCUT2D eigenvalue weighted by molar-refractivity contribution is 5.70. The van der Waals surface area contributed by atoms with Crippen LogP contribution in [0.15, 0.2) is 30.5 Å². The molecule has 2 heterocycles. The van der Waals surface area contributed by atoms with Crippen molar-refractivity contribution in [3.63, 3.8) is 0 Å². The molecule has 0 aliphatic carbocycles. The minimum atomic E-state index is 0.215. The van der Waals surface area contributed by atoms with Gasteiger partial charge in [-0.25, -0.2) is 9.97 Å². The molecule has 3 N–H and O–H groups in total. The van der Waals surface area contributed by atoms with E-state index in [2.05, 4.69) is 26.3 Å². The fourth-order valence-corrected chi connectivity index (χ4v) is 2.62. The third-order valence-corrected chi connectivity index (χ3v) is 3.93. The Hall–Kier alpha value is -3.33. The minimum absolute atomic E-state index is 0.215. The monoisotopic (exact) mass is 319 g/mol. The van der Waals surface area contributed by atoms with Crippen LogP contribution in [0.2, 0.25) is 0 Å². The maximum Gasteiger partial charge on any atom is 0.227 e. The van der Waals surface area contributed by atoms with Gasteiger partial charge in [0, 0.05) is 29.2 Å². The zero-order chi connectivity index (χ0) is 17.3. The molecule has 6 heteroatoms. The third-order valence-electron chi connectivity index (χ3n) is 3.93. The first-order chi connectivity index (χ1) is 11.5. The van der Waals surface area contributed by atoms with Crippen molar-refractivity contribution in [2.24, 2.45) is 0 Å². The Morgan fingerprint density at radius 2 is 2.00 bits per heavy atom. The zero-order valence-electron chi connectivity index (χ0n) is 13.7. The van der Waals surface area contributed by atoms with Crippen molar-refractivity contribution in [3.8, 4) is 23.1 Å². The zero-order valence-corrected chi connectivity index (χ0v) is 13.7. The minimum Gasteiger partial charge on any atom is -0.508 e. The molecule has 0 spiro atoms. The summed E-state index contributed by atoms with van der Waals surface area (Å²) in [5.74, 6) is 0.640. The van der Waals surface area contributed by atoms with Gasteiger partial charge in [-0.1, -0.05) is 6.07 Å². The molecule has 0 fully saturated rings. The number of nitrogens with zero attached hydrogens (tertiary/aromatic N) is 3. The number of anilines is 2. The molecule has 1 aromatic carbocycles. The average Bonchev–Trinajstić information content (AvgIpc) is 2.85. The largest absolute Gasteiger partial charge is 0.508 e. The van der Waals surface area contributed by atoms with Crippen molar-refractivity contribution in [2.45, 2.75) is 20.8 Å². The van der Waals surface area contributed by atoms with E-state index < -0.39 is 0 Å². The lowest BCUT2D eigenvalue weighted by Gasteiger charge is -2.08. The first-order valence-electron chi connectivity index (χ1n) is 7.49. The van der Waals surface area contributed by atoms with Crippen molar-refractivity contribution in [3.05, 3.63) is 53.0 Å². The number of aromatic amines is 1. The summed E-state index contributed by atoms with van der Waals surface area (Å²) in [4.78, 5) is 11.8. The van der Waals surface area contributed by atoms with Gasteiger partial charge in [0.15, 0.2) is 0 Å². The van der Waals surface area contributed by atoms with E-state index in [4.69, 9.17) is 5.26 Å². The van der Waals surface area contributed by atoms with E-state index in [9.17, 15) is 5.11 Å². The number of hydrogen-bond acceptors (Lipinski definition) is 5. The molecule has 120 valence electrons. The summed E-state index contributed by atoms with van der Waals surface area (Å²) in [5.41, 5.74) is 5.45. The van der Waals surface area contributed by atoms with Crippen LogP contribution in [-0.4, -0.2) is 20.1 Å². The van der Waals surface area contributed by atoms with Crippen LogP contribution in [0.25, 0.3) is 11.3 Å². The highest BCUT2D eigenvalue weighted by atomic mass is 16.3. The first kappa shape index (κ1) is 15.6. The van der Waals surface area contributed by atoms with Gasteiger partial charge in [-0.3, -0.25) is 0 Å². The predicted molar refractivity (Wildman–Crippen MR) is 92.1 cm³/mol. The highest BCUT2D eigenvalue weighted by Gasteiger charge is 2.14. The van der Waals surface area contributed by atoms with Gasteiger partial charge >= 0.3 is 0 Å². The summed E-state index contributed by atoms with van der Waals surface area (Å²) >= 11 is 0. The Morgan fingerprint density at radius 3 is 2.67 bits per heavy atom. The molecule has 6 nitrogen and oxygen atoms in total. The van der Waals surface area contributed by atoms with Crippen LogP contribution in [0.4, 0.5) is 11.6 Å². The Balaban J connectivity index is 1.97. The maximum absolute atomic E-state index is 9.80. The molecule has 24 heavy (non-hydrogen) atoms. The van der Waals surface area contributed by atoms with E-state index in [0.29, 0.717) is 17.3 Å². The topological polar surface area (TPSA) is 97.6 Å². The van der Waals surface area contributed by atoms with Crippen LogP contribution in [0, 0.1) is 32.1 Å². The molecule has 0 atom stereocenters. The molecular formula is C18H17N5O. The van der Waals surface area contributed by atoms with E-state index in [-0.39, 0.29) is 5.75 Å². The molecule has 0 aliphatic rings. The predicted octanol–water partition coefficient (Wildman–Crippen LogP) is 3.72. The second-order valence-corrected chi connectivity index (χ2v) is 5.63. The number of hydrogen-bond donors (Lipinski definition) is 3. The summed E-state index contributed by atoms with van der Waals surface area (Å²) in [6.45, 7) is 5.64. The summed E-state index contributed by atoms with van der Waals surface area (Å²) in [7, 11) is 0. The van der Waals surface area contributed by atoms with Crippen LogP contribution in [0.3, 0.4) is 0 Å². The van der Waals surface area contributed by atoms with Gasteiger partial charge in [0.1, 0.15) is 17.5 Å². The van der Waals surface area contributed by atoms with Crippen LogP contribution in [0.5, 0.6) is 5.75 Å². The number of rotatable bonds is 3. The maximum atomic E-state index is 9.80. The molecule has 0 saturated carbocycles. The van der Waals surface area contributed by atoms with Crippen molar-refractivity contribution >= 4 is 11.6 Å². The average molecular weight is 319 g/mol. The number of aromatic hydroxyl groups is 1. The standard InChI is InChI=1S/C18H17N5O/c1-10-4-5-13(8-16(10)24)22-18-20-7-6-14(23-18)17-11(2)15(9-19)21-12(17)3/h4-8,21,24H,1-3H3,(H,20,22,23). The van der Waals surface area contributed by atoms with Gasteiger partial charge < -0.3 is 15.4 Å². The molecule has 0 bridgehead atoms. The number of aryl methyl sites for hydroxylation is 2. The quantitative estimate of drug-likeness (QED) is 0.683. The number of phenols is 1. The Kier molecular flexibility index (Phi) is 3.92. The molecule has 0 saturated heterocycles. The van der Waals surface area contributed by atoms with Crippen LogP contribution in [-0.2, 0) is 0 Å². The number of H-pyrrole nitrogens is 1. The summed E-state index contributed by atoms with van der Waals surface area (Å²) < 4.78 is 0. The molecule has 0 radical (unpaired) electrons. The smallest absolute Gasteiger partial charge is 0.227 e. The van der Waals surface area contributed by atoms with Crippen LogP contribution < -0.4 is 5.32 Å². The van der Waals surface area contributed by atoms with Crippen LogP contribution >= 0.6 is 0 Å². The fourth-order valence-electron chi connectivity index (χ4n) is 2.62. The van der Waals surface area contributed by atoms with Gasteiger partial charge in [0.2, 0.25) is 5.95 Å². The Morgan fingerprint density at radius 1 is 1.21 bits per heavy atom. The second kappa shape index (κ2) is 6.05. The van der Waals surface area contributed by atoms with E-state index in [1.807, 2.05) is 39.0 Å². The fraction of sp³-hybridized carbons (Fsp3) is 0.167. The van der Waals surface area contributed by atoms with Crippen LogP contribution in [0.1, 0.15) is 22.5 Å². The SMILES string of the molecule is Cc1ccc(Nc2nccc(-c3c(C)[nH]c(C#N)c3C)n2)cc1O. The van der Waals surface area contributed by atoms with Crippen molar-refractivity contribution < 1.29 is 5.11 Å². The third kappa shape index (κ3) is 2.79. The number of benzene rings is 1. The highest BCUT2D eigenvalue weighted by Crippen LogP contribution is 2.29. The number of nitriles is 1. The lowest BCUT2D eigenvalue weighted by atomic mass is 10.1. The molecule has 0 unspecified atom stereocenters. The van der Waals surface area contributed by atoms with Gasteiger partial charge in [-0.15, -0.1) is 0 Å². The molecule has 0 amide bonds. The summed E-state index contributed by atoms with van der Waals surface area (Å²) in [6, 6.07) is 9.26. The molecule has 0 aliphatic heterocycles. The number of aromatic nitrogens is 3. The molecule has 2 aromatic heterocycles. The normalized spacial score (nSPS) is 10.4. The Labute approximate surface area is 139 Å². The second-order valence-electron chi connectivity index (χ2n) is 5.63. The van der Waals surface area contributed by atoms with Crippen molar-refractivity contribution in [2.75, 3.05) is 5.32 Å². The lowest BCUT2D eigenvalue weighted by Crippen LogP contribution is -1.98. The van der Waals surface area contributed by atoms with Gasteiger partial charge in [0.05, 0.1) is 5.69 Å². The van der Waals surface area contributed by atoms with Crippen molar-refractivity contribution in [1.29, 1.82) is 5.26 Å². The Bertz CT molecular complexity index is 953. The van der Waals surface area contributed by atoms with E-state index in [0.717, 1.165) is 28.1 Å². The van der Waals surface area contributed by atoms with Gasteiger partial charge in [0.25, 0.3) is 0 Å².